The minimum atomic E-state index is 0.429. The van der Waals surface area contributed by atoms with Crippen LogP contribution in [-0.2, 0) is 17.7 Å². The third kappa shape index (κ3) is 3.25. The lowest BCUT2D eigenvalue weighted by Gasteiger charge is -2.43. The summed E-state index contributed by atoms with van der Waals surface area (Å²) in [7, 11) is 0. The van der Waals surface area contributed by atoms with Gasteiger partial charge in [0.2, 0.25) is 0 Å². The first kappa shape index (κ1) is 15.3. The van der Waals surface area contributed by atoms with Crippen LogP contribution in [0.2, 0.25) is 0 Å². The molecule has 4 nitrogen and oxygen atoms in total. The van der Waals surface area contributed by atoms with Crippen LogP contribution in [0.5, 0.6) is 0 Å². The van der Waals surface area contributed by atoms with Crippen LogP contribution >= 0.6 is 11.3 Å². The van der Waals surface area contributed by atoms with E-state index in [1.807, 2.05) is 11.3 Å². The van der Waals surface area contributed by atoms with E-state index in [0.29, 0.717) is 12.1 Å². The van der Waals surface area contributed by atoms with E-state index in [0.717, 1.165) is 32.7 Å². The molecule has 2 aliphatic rings. The van der Waals surface area contributed by atoms with Crippen molar-refractivity contribution in [2.45, 2.75) is 64.6 Å². The maximum absolute atomic E-state index is 5.98. The van der Waals surface area contributed by atoms with Gasteiger partial charge in [0, 0.05) is 18.0 Å². The Kier molecular flexibility index (Phi) is 5.14. The Morgan fingerprint density at radius 3 is 3.00 bits per heavy atom. The van der Waals surface area contributed by atoms with Gasteiger partial charge in [-0.1, -0.05) is 26.7 Å². The summed E-state index contributed by atoms with van der Waals surface area (Å²) in [5.41, 5.74) is 1.27. The Bertz CT molecular complexity index is 460. The third-order valence-electron chi connectivity index (χ3n) is 4.62. The SMILES string of the molecule is CCNCc1sc(N2CCOC3CCCCC32)nc1CC. The molecule has 3 rings (SSSR count). The van der Waals surface area contributed by atoms with Crippen molar-refractivity contribution >= 4 is 16.5 Å². The summed E-state index contributed by atoms with van der Waals surface area (Å²) >= 11 is 1.88. The van der Waals surface area contributed by atoms with Gasteiger partial charge < -0.3 is 15.0 Å². The molecule has 21 heavy (non-hydrogen) atoms. The van der Waals surface area contributed by atoms with Gasteiger partial charge in [0.15, 0.2) is 5.13 Å². The number of anilines is 1. The largest absolute Gasteiger partial charge is 0.374 e. The minimum absolute atomic E-state index is 0.429. The second-order valence-corrected chi connectivity index (χ2v) is 7.02. The molecule has 1 saturated heterocycles. The van der Waals surface area contributed by atoms with E-state index in [9.17, 15) is 0 Å². The van der Waals surface area contributed by atoms with Crippen molar-refractivity contribution in [3.05, 3.63) is 10.6 Å². The highest BCUT2D eigenvalue weighted by molar-refractivity contribution is 7.15. The minimum Gasteiger partial charge on any atom is -0.374 e. The summed E-state index contributed by atoms with van der Waals surface area (Å²) in [5.74, 6) is 0. The maximum atomic E-state index is 5.98. The first-order chi connectivity index (χ1) is 10.3. The molecule has 0 aromatic carbocycles. The summed E-state index contributed by atoms with van der Waals surface area (Å²) in [6, 6.07) is 0.551. The Labute approximate surface area is 131 Å². The summed E-state index contributed by atoms with van der Waals surface area (Å²) in [4.78, 5) is 8.89. The molecule has 118 valence electrons. The predicted octanol–water partition coefficient (Wildman–Crippen LogP) is 2.96. The van der Waals surface area contributed by atoms with Gasteiger partial charge in [-0.2, -0.15) is 0 Å². The number of morpholine rings is 1. The standard InChI is InChI=1S/C16H27N3OS/c1-3-12-15(11-17-4-2)21-16(18-12)19-9-10-20-14-8-6-5-7-13(14)19/h13-14,17H,3-11H2,1-2H3. The Hall–Kier alpha value is -0.650. The number of aromatic nitrogens is 1. The molecule has 1 N–H and O–H groups in total. The number of rotatable bonds is 5. The molecule has 1 saturated carbocycles. The van der Waals surface area contributed by atoms with Crippen molar-refractivity contribution in [1.82, 2.24) is 10.3 Å². The Morgan fingerprint density at radius 1 is 1.33 bits per heavy atom. The van der Waals surface area contributed by atoms with Crippen molar-refractivity contribution < 1.29 is 4.74 Å². The monoisotopic (exact) mass is 309 g/mol. The predicted molar refractivity (Wildman–Crippen MR) is 88.2 cm³/mol. The molecule has 1 aliphatic heterocycles. The smallest absolute Gasteiger partial charge is 0.186 e. The lowest BCUT2D eigenvalue weighted by atomic mass is 9.90. The number of fused-ring (bicyclic) bond motifs is 1. The van der Waals surface area contributed by atoms with Crippen LogP contribution in [-0.4, -0.2) is 36.8 Å². The Balaban J connectivity index is 1.79. The summed E-state index contributed by atoms with van der Waals surface area (Å²) in [6.07, 6.45) is 6.58. The highest BCUT2D eigenvalue weighted by Gasteiger charge is 2.35. The highest BCUT2D eigenvalue weighted by atomic mass is 32.1. The average molecular weight is 309 g/mol. The Morgan fingerprint density at radius 2 is 2.19 bits per heavy atom. The first-order valence-electron chi connectivity index (χ1n) is 8.41. The molecular weight excluding hydrogens is 282 g/mol. The van der Waals surface area contributed by atoms with Gasteiger partial charge in [0.05, 0.1) is 24.4 Å². The van der Waals surface area contributed by atoms with Crippen molar-refractivity contribution in [3.8, 4) is 0 Å². The molecule has 1 aromatic rings. The molecule has 2 fully saturated rings. The number of nitrogens with one attached hydrogen (secondary N) is 1. The van der Waals surface area contributed by atoms with Crippen molar-refractivity contribution in [1.29, 1.82) is 0 Å². The van der Waals surface area contributed by atoms with Gasteiger partial charge in [-0.25, -0.2) is 4.98 Å². The second-order valence-electron chi connectivity index (χ2n) is 5.95. The van der Waals surface area contributed by atoms with E-state index in [-0.39, 0.29) is 0 Å². The number of ether oxygens (including phenoxy) is 1. The van der Waals surface area contributed by atoms with Crippen molar-refractivity contribution in [2.75, 3.05) is 24.6 Å². The van der Waals surface area contributed by atoms with Crippen LogP contribution in [0.1, 0.15) is 50.1 Å². The van der Waals surface area contributed by atoms with E-state index in [4.69, 9.17) is 9.72 Å². The highest BCUT2D eigenvalue weighted by Crippen LogP contribution is 2.35. The molecular formula is C16H27N3OS. The van der Waals surface area contributed by atoms with Gasteiger partial charge in [-0.05, 0) is 25.8 Å². The van der Waals surface area contributed by atoms with Crippen LogP contribution in [0.15, 0.2) is 0 Å². The number of hydrogen-bond donors (Lipinski definition) is 1. The van der Waals surface area contributed by atoms with Gasteiger partial charge in [0.1, 0.15) is 0 Å². The molecule has 0 radical (unpaired) electrons. The second kappa shape index (κ2) is 7.07. The first-order valence-corrected chi connectivity index (χ1v) is 9.22. The normalized spacial score (nSPS) is 25.9. The lowest BCUT2D eigenvalue weighted by molar-refractivity contribution is -0.00869. The summed E-state index contributed by atoms with van der Waals surface area (Å²) < 4.78 is 5.98. The van der Waals surface area contributed by atoms with E-state index in [1.165, 1.54) is 41.4 Å². The topological polar surface area (TPSA) is 37.4 Å². The van der Waals surface area contributed by atoms with Gasteiger partial charge in [-0.15, -0.1) is 11.3 Å². The lowest BCUT2D eigenvalue weighted by Crippen LogP contribution is -2.52. The number of nitrogens with zero attached hydrogens (tertiary/aromatic N) is 2. The third-order valence-corrected chi connectivity index (χ3v) is 5.75. The fraction of sp³-hybridized carbons (Fsp3) is 0.812. The summed E-state index contributed by atoms with van der Waals surface area (Å²) in [5, 5.41) is 4.66. The molecule has 2 heterocycles. The zero-order valence-corrected chi connectivity index (χ0v) is 14.0. The molecule has 0 spiro atoms. The number of thiazole rings is 1. The number of hydrogen-bond acceptors (Lipinski definition) is 5. The fourth-order valence-electron chi connectivity index (χ4n) is 3.48. The van der Waals surface area contributed by atoms with Gasteiger partial charge in [0.25, 0.3) is 0 Å². The van der Waals surface area contributed by atoms with Crippen LogP contribution in [0.3, 0.4) is 0 Å². The van der Waals surface area contributed by atoms with Gasteiger partial charge in [-0.3, -0.25) is 0 Å². The van der Waals surface area contributed by atoms with E-state index in [2.05, 4.69) is 24.1 Å². The zero-order valence-electron chi connectivity index (χ0n) is 13.2. The molecule has 2 atom stereocenters. The molecule has 0 bridgehead atoms. The maximum Gasteiger partial charge on any atom is 0.186 e. The van der Waals surface area contributed by atoms with E-state index >= 15 is 0 Å². The van der Waals surface area contributed by atoms with Crippen molar-refractivity contribution in [2.24, 2.45) is 0 Å². The fourth-order valence-corrected chi connectivity index (χ4v) is 4.68. The molecule has 2 unspecified atom stereocenters. The van der Waals surface area contributed by atoms with Gasteiger partial charge >= 0.3 is 0 Å². The summed E-state index contributed by atoms with van der Waals surface area (Å²) in [6.45, 7) is 8.18. The molecule has 5 heteroatoms. The van der Waals surface area contributed by atoms with Crippen molar-refractivity contribution in [3.63, 3.8) is 0 Å². The quantitative estimate of drug-likeness (QED) is 0.907. The average Bonchev–Trinajstić information content (AvgIpc) is 2.95. The molecule has 1 aliphatic carbocycles. The van der Waals surface area contributed by atoms with Crippen LogP contribution < -0.4 is 10.2 Å². The zero-order chi connectivity index (χ0) is 14.7. The van der Waals surface area contributed by atoms with E-state index < -0.39 is 0 Å². The molecule has 1 aromatic heterocycles. The van der Waals surface area contributed by atoms with Crippen LogP contribution in [0.25, 0.3) is 0 Å². The number of aryl methyl sites for hydroxylation is 1. The van der Waals surface area contributed by atoms with Crippen LogP contribution in [0, 0.1) is 0 Å². The van der Waals surface area contributed by atoms with Crippen LogP contribution in [0.4, 0.5) is 5.13 Å². The van der Waals surface area contributed by atoms with E-state index in [1.54, 1.807) is 0 Å². The molecule has 0 amide bonds.